The summed E-state index contributed by atoms with van der Waals surface area (Å²) in [6.45, 7) is 0.0510. The molecule has 0 aliphatic carbocycles. The van der Waals surface area contributed by atoms with Crippen LogP contribution >= 0.6 is 23.2 Å². The Morgan fingerprint density at radius 3 is 2.65 bits per heavy atom. The Labute approximate surface area is 126 Å². The van der Waals surface area contributed by atoms with Crippen LogP contribution < -0.4 is 11.5 Å². The van der Waals surface area contributed by atoms with Crippen LogP contribution in [-0.2, 0) is 11.2 Å². The SMILES string of the molecule is CN(C(N)=O)C(=O)OC[C@H]([NH3+])Cc1ccc(Cl)cc1Cl. The van der Waals surface area contributed by atoms with Gasteiger partial charge in [0, 0.05) is 23.5 Å². The molecule has 0 aromatic heterocycles. The summed E-state index contributed by atoms with van der Waals surface area (Å²) in [4.78, 5) is 22.8. The number of benzene rings is 1. The lowest BCUT2D eigenvalue weighted by molar-refractivity contribution is -0.424. The maximum absolute atomic E-state index is 11.4. The van der Waals surface area contributed by atoms with Crippen LogP contribution in [0.15, 0.2) is 18.2 Å². The molecule has 0 radical (unpaired) electrons. The summed E-state index contributed by atoms with van der Waals surface area (Å²) >= 11 is 11.8. The molecule has 8 heteroatoms. The van der Waals surface area contributed by atoms with Crippen LogP contribution in [0.4, 0.5) is 9.59 Å². The molecule has 0 bridgehead atoms. The number of imide groups is 1. The van der Waals surface area contributed by atoms with Gasteiger partial charge in [-0.1, -0.05) is 29.3 Å². The van der Waals surface area contributed by atoms with Gasteiger partial charge >= 0.3 is 12.1 Å². The normalized spacial score (nSPS) is 11.8. The number of hydrogen-bond donors (Lipinski definition) is 2. The van der Waals surface area contributed by atoms with E-state index in [-0.39, 0.29) is 12.6 Å². The number of hydrogen-bond acceptors (Lipinski definition) is 3. The number of ether oxygens (including phenoxy) is 1. The lowest BCUT2D eigenvalue weighted by atomic mass is 10.1. The molecule has 0 unspecified atom stereocenters. The zero-order valence-electron chi connectivity index (χ0n) is 10.9. The van der Waals surface area contributed by atoms with Gasteiger partial charge in [-0.05, 0) is 17.7 Å². The average Bonchev–Trinajstić information content (AvgIpc) is 2.38. The number of nitrogens with zero attached hydrogens (tertiary/aromatic N) is 1. The minimum Gasteiger partial charge on any atom is -0.443 e. The molecular weight excluding hydrogens is 305 g/mol. The summed E-state index contributed by atoms with van der Waals surface area (Å²) < 4.78 is 4.92. The van der Waals surface area contributed by atoms with Crippen molar-refractivity contribution in [2.75, 3.05) is 13.7 Å². The van der Waals surface area contributed by atoms with Gasteiger partial charge in [-0.3, -0.25) is 0 Å². The molecule has 0 aliphatic heterocycles. The summed E-state index contributed by atoms with van der Waals surface area (Å²) in [6.07, 6.45) is -0.294. The van der Waals surface area contributed by atoms with E-state index in [2.05, 4.69) is 5.73 Å². The van der Waals surface area contributed by atoms with Gasteiger partial charge in [0.2, 0.25) is 0 Å². The number of quaternary nitrogens is 1. The second-order valence-electron chi connectivity index (χ2n) is 4.28. The molecule has 20 heavy (non-hydrogen) atoms. The molecule has 3 amide bonds. The first-order valence-corrected chi connectivity index (χ1v) is 6.53. The topological polar surface area (TPSA) is 100 Å². The van der Waals surface area contributed by atoms with E-state index in [0.29, 0.717) is 21.4 Å². The minimum absolute atomic E-state index is 0.0510. The Balaban J connectivity index is 2.50. The van der Waals surface area contributed by atoms with E-state index >= 15 is 0 Å². The molecule has 0 fully saturated rings. The number of primary amides is 1. The minimum atomic E-state index is -0.878. The Morgan fingerprint density at radius 2 is 2.10 bits per heavy atom. The lowest BCUT2D eigenvalue weighted by Crippen LogP contribution is -2.64. The molecule has 0 heterocycles. The Kier molecular flexibility index (Phi) is 6.06. The fraction of sp³-hybridized carbons (Fsp3) is 0.333. The zero-order valence-corrected chi connectivity index (χ0v) is 12.4. The zero-order chi connectivity index (χ0) is 15.3. The van der Waals surface area contributed by atoms with Crippen molar-refractivity contribution in [2.24, 2.45) is 5.73 Å². The summed E-state index contributed by atoms with van der Waals surface area (Å²) in [5.74, 6) is 0. The molecule has 110 valence electrons. The van der Waals surface area contributed by atoms with Crippen LogP contribution in [0, 0.1) is 0 Å². The third-order valence-electron chi connectivity index (χ3n) is 2.57. The Morgan fingerprint density at radius 1 is 1.45 bits per heavy atom. The van der Waals surface area contributed by atoms with Gasteiger partial charge in [0.25, 0.3) is 0 Å². The number of halogens is 2. The standard InChI is InChI=1S/C12H15Cl2N3O3/c1-17(11(16)18)12(19)20-6-9(15)4-7-2-3-8(13)5-10(7)14/h2-3,5,9H,4,6,15H2,1H3,(H2,16,18)/p+1/t9-/m1/s1. The molecular formula is C12H16Cl2N3O3+. The maximum atomic E-state index is 11.4. The highest BCUT2D eigenvalue weighted by Crippen LogP contribution is 2.21. The van der Waals surface area contributed by atoms with E-state index in [4.69, 9.17) is 33.7 Å². The quantitative estimate of drug-likeness (QED) is 0.874. The van der Waals surface area contributed by atoms with Crippen molar-refractivity contribution in [3.8, 4) is 0 Å². The van der Waals surface area contributed by atoms with Crippen molar-refractivity contribution < 1.29 is 20.1 Å². The first-order valence-electron chi connectivity index (χ1n) is 5.78. The van der Waals surface area contributed by atoms with Crippen LogP contribution in [0.5, 0.6) is 0 Å². The van der Waals surface area contributed by atoms with Crippen molar-refractivity contribution in [3.63, 3.8) is 0 Å². The van der Waals surface area contributed by atoms with E-state index in [0.717, 1.165) is 5.56 Å². The van der Waals surface area contributed by atoms with Gasteiger partial charge in [-0.15, -0.1) is 0 Å². The molecule has 6 nitrogen and oxygen atoms in total. The first-order chi connectivity index (χ1) is 9.31. The summed E-state index contributed by atoms with van der Waals surface area (Å²) in [7, 11) is 1.23. The molecule has 5 N–H and O–H groups in total. The number of urea groups is 1. The number of nitrogens with two attached hydrogens (primary N) is 1. The van der Waals surface area contributed by atoms with Crippen LogP contribution in [0.25, 0.3) is 0 Å². The van der Waals surface area contributed by atoms with Crippen molar-refractivity contribution in [1.82, 2.24) is 4.90 Å². The average molecular weight is 321 g/mol. The maximum Gasteiger partial charge on any atom is 0.417 e. The monoisotopic (exact) mass is 320 g/mol. The van der Waals surface area contributed by atoms with Gasteiger partial charge in [-0.25, -0.2) is 14.5 Å². The molecule has 1 aromatic rings. The smallest absolute Gasteiger partial charge is 0.417 e. The predicted molar refractivity (Wildman–Crippen MR) is 75.5 cm³/mol. The number of rotatable bonds is 4. The molecule has 1 rings (SSSR count). The van der Waals surface area contributed by atoms with Crippen LogP contribution in [0.3, 0.4) is 0 Å². The van der Waals surface area contributed by atoms with E-state index in [1.807, 2.05) is 0 Å². The van der Waals surface area contributed by atoms with Gasteiger partial charge in [0.1, 0.15) is 12.6 Å². The summed E-state index contributed by atoms with van der Waals surface area (Å²) in [5, 5.41) is 1.08. The molecule has 1 atom stereocenters. The fourth-order valence-corrected chi connectivity index (χ4v) is 1.92. The van der Waals surface area contributed by atoms with E-state index in [9.17, 15) is 9.59 Å². The summed E-state index contributed by atoms with van der Waals surface area (Å²) in [5.41, 5.74) is 9.67. The first kappa shape index (κ1) is 16.6. The Bertz CT molecular complexity index is 511. The number of amides is 3. The van der Waals surface area contributed by atoms with Gasteiger partial charge in [0.15, 0.2) is 0 Å². The van der Waals surface area contributed by atoms with Gasteiger partial charge in [-0.2, -0.15) is 0 Å². The van der Waals surface area contributed by atoms with E-state index in [1.165, 1.54) is 7.05 Å². The van der Waals surface area contributed by atoms with Gasteiger partial charge < -0.3 is 16.2 Å². The van der Waals surface area contributed by atoms with Crippen molar-refractivity contribution in [1.29, 1.82) is 0 Å². The lowest BCUT2D eigenvalue weighted by Gasteiger charge is -2.14. The van der Waals surface area contributed by atoms with Crippen molar-refractivity contribution in [2.45, 2.75) is 12.5 Å². The number of carbonyl (C=O) groups excluding carboxylic acids is 2. The third kappa shape index (κ3) is 4.88. The highest BCUT2D eigenvalue weighted by molar-refractivity contribution is 6.35. The second-order valence-corrected chi connectivity index (χ2v) is 5.12. The van der Waals surface area contributed by atoms with Crippen LogP contribution in [-0.4, -0.2) is 36.7 Å². The van der Waals surface area contributed by atoms with Crippen molar-refractivity contribution >= 4 is 35.3 Å². The van der Waals surface area contributed by atoms with Crippen LogP contribution in [0.2, 0.25) is 10.0 Å². The van der Waals surface area contributed by atoms with E-state index < -0.39 is 12.1 Å². The molecule has 1 aromatic carbocycles. The molecule has 0 aliphatic rings. The highest BCUT2D eigenvalue weighted by atomic mass is 35.5. The molecule has 0 saturated heterocycles. The second kappa shape index (κ2) is 7.33. The van der Waals surface area contributed by atoms with Crippen LogP contribution in [0.1, 0.15) is 5.56 Å². The van der Waals surface area contributed by atoms with Crippen molar-refractivity contribution in [3.05, 3.63) is 33.8 Å². The fourth-order valence-electron chi connectivity index (χ4n) is 1.43. The Hall–Kier alpha value is -1.50. The third-order valence-corrected chi connectivity index (χ3v) is 3.16. The van der Waals surface area contributed by atoms with Gasteiger partial charge in [0.05, 0.1) is 0 Å². The highest BCUT2D eigenvalue weighted by Gasteiger charge is 2.18. The predicted octanol–water partition coefficient (Wildman–Crippen LogP) is 1.29. The molecule has 0 saturated carbocycles. The summed E-state index contributed by atoms with van der Waals surface area (Å²) in [6, 6.07) is 4.07. The van der Waals surface area contributed by atoms with E-state index in [1.54, 1.807) is 18.2 Å². The largest absolute Gasteiger partial charge is 0.443 e. The molecule has 0 spiro atoms. The number of carbonyl (C=O) groups is 2.